The van der Waals surface area contributed by atoms with Gasteiger partial charge in [0, 0.05) is 31.3 Å². The van der Waals surface area contributed by atoms with E-state index in [1.165, 1.54) is 12.1 Å². The van der Waals surface area contributed by atoms with Gasteiger partial charge in [0.15, 0.2) is 11.5 Å². The smallest absolute Gasteiger partial charge is 0.292 e. The van der Waals surface area contributed by atoms with Crippen molar-refractivity contribution in [2.24, 2.45) is 0 Å². The molecule has 1 saturated heterocycles. The van der Waals surface area contributed by atoms with E-state index in [1.807, 2.05) is 24.3 Å². The predicted molar refractivity (Wildman–Crippen MR) is 102 cm³/mol. The third kappa shape index (κ3) is 4.17. The summed E-state index contributed by atoms with van der Waals surface area (Å²) in [6, 6.07) is 11.1. The second-order valence-electron chi connectivity index (χ2n) is 7.16. The number of nitro benzene ring substituents is 1. The van der Waals surface area contributed by atoms with Crippen LogP contribution < -0.4 is 14.8 Å². The summed E-state index contributed by atoms with van der Waals surface area (Å²) in [5.74, 6) is 1.02. The van der Waals surface area contributed by atoms with E-state index in [-0.39, 0.29) is 23.5 Å². The van der Waals surface area contributed by atoms with Crippen molar-refractivity contribution in [1.29, 1.82) is 0 Å². The van der Waals surface area contributed by atoms with Crippen LogP contribution >= 0.6 is 0 Å². The molecule has 2 aliphatic heterocycles. The van der Waals surface area contributed by atoms with E-state index in [0.29, 0.717) is 19.7 Å². The molecule has 0 radical (unpaired) electrons. The lowest BCUT2D eigenvalue weighted by Gasteiger charge is -2.36. The number of hydrogen-bond donors (Lipinski definition) is 1. The van der Waals surface area contributed by atoms with Crippen LogP contribution in [-0.4, -0.2) is 48.2 Å². The van der Waals surface area contributed by atoms with Crippen LogP contribution in [0.3, 0.4) is 0 Å². The fraction of sp³-hybridized carbons (Fsp3) is 0.400. The molecule has 28 heavy (non-hydrogen) atoms. The number of para-hydroxylation sites is 2. The van der Waals surface area contributed by atoms with Gasteiger partial charge >= 0.3 is 0 Å². The summed E-state index contributed by atoms with van der Waals surface area (Å²) in [6.45, 7) is 2.82. The first-order valence-corrected chi connectivity index (χ1v) is 9.40. The Bertz CT molecular complexity index is 863. The molecule has 0 unspecified atom stereocenters. The Balaban J connectivity index is 1.38. The van der Waals surface area contributed by atoms with Crippen molar-refractivity contribution in [1.82, 2.24) is 4.90 Å². The maximum atomic E-state index is 13.6. The summed E-state index contributed by atoms with van der Waals surface area (Å²) in [7, 11) is 0. The van der Waals surface area contributed by atoms with Crippen molar-refractivity contribution in [2.45, 2.75) is 25.0 Å². The molecule has 8 heteroatoms. The Labute approximate surface area is 162 Å². The number of nitro groups is 1. The normalized spacial score (nSPS) is 21.9. The minimum Gasteiger partial charge on any atom is -0.486 e. The molecule has 2 atom stereocenters. The molecule has 0 aromatic heterocycles. The van der Waals surface area contributed by atoms with Crippen LogP contribution in [0.4, 0.5) is 15.8 Å². The Morgan fingerprint density at radius 3 is 2.89 bits per heavy atom. The van der Waals surface area contributed by atoms with Gasteiger partial charge in [0.2, 0.25) is 0 Å². The number of nitrogens with zero attached hydrogens (tertiary/aromatic N) is 2. The number of hydrogen-bond acceptors (Lipinski definition) is 6. The molecule has 0 aliphatic carbocycles. The van der Waals surface area contributed by atoms with Crippen molar-refractivity contribution in [3.63, 3.8) is 0 Å². The topological polar surface area (TPSA) is 76.9 Å². The van der Waals surface area contributed by atoms with Gasteiger partial charge in [0.25, 0.3) is 5.69 Å². The van der Waals surface area contributed by atoms with Crippen LogP contribution in [0.25, 0.3) is 0 Å². The van der Waals surface area contributed by atoms with Crippen LogP contribution in [0, 0.1) is 15.9 Å². The number of piperidine rings is 1. The molecule has 7 nitrogen and oxygen atoms in total. The largest absolute Gasteiger partial charge is 0.486 e. The van der Waals surface area contributed by atoms with Crippen molar-refractivity contribution in [3.8, 4) is 11.5 Å². The van der Waals surface area contributed by atoms with Gasteiger partial charge in [-0.3, -0.25) is 15.0 Å². The van der Waals surface area contributed by atoms with Crippen molar-refractivity contribution in [3.05, 3.63) is 58.4 Å². The number of nitrogens with one attached hydrogen (secondary N) is 1. The summed E-state index contributed by atoms with van der Waals surface area (Å²) < 4.78 is 25.4. The van der Waals surface area contributed by atoms with E-state index in [9.17, 15) is 14.5 Å². The van der Waals surface area contributed by atoms with Gasteiger partial charge in [0.1, 0.15) is 24.2 Å². The quantitative estimate of drug-likeness (QED) is 0.626. The molecule has 0 spiro atoms. The zero-order valence-electron chi connectivity index (χ0n) is 15.3. The maximum absolute atomic E-state index is 13.6. The molecule has 1 N–H and O–H groups in total. The molecule has 4 rings (SSSR count). The van der Waals surface area contributed by atoms with E-state index in [1.54, 1.807) is 0 Å². The van der Waals surface area contributed by atoms with Crippen LogP contribution in [-0.2, 0) is 0 Å². The fourth-order valence-electron chi connectivity index (χ4n) is 3.78. The first kappa shape index (κ1) is 18.5. The molecule has 2 heterocycles. The molecule has 0 bridgehead atoms. The summed E-state index contributed by atoms with van der Waals surface area (Å²) >= 11 is 0. The lowest BCUT2D eigenvalue weighted by atomic mass is 10.0. The second kappa shape index (κ2) is 8.02. The molecule has 2 aromatic rings. The highest BCUT2D eigenvalue weighted by Crippen LogP contribution is 2.31. The summed E-state index contributed by atoms with van der Waals surface area (Å²) in [6.07, 6.45) is 1.75. The predicted octanol–water partition coefficient (Wildman–Crippen LogP) is 3.45. The van der Waals surface area contributed by atoms with E-state index in [4.69, 9.17) is 9.47 Å². The minimum absolute atomic E-state index is 0.00560. The lowest BCUT2D eigenvalue weighted by Crippen LogP contribution is -2.48. The van der Waals surface area contributed by atoms with Crippen LogP contribution in [0.2, 0.25) is 0 Å². The highest BCUT2D eigenvalue weighted by atomic mass is 19.1. The summed E-state index contributed by atoms with van der Waals surface area (Å²) in [4.78, 5) is 13.0. The van der Waals surface area contributed by atoms with E-state index in [2.05, 4.69) is 10.2 Å². The average Bonchev–Trinajstić information content (AvgIpc) is 2.68. The summed E-state index contributed by atoms with van der Waals surface area (Å²) in [5.41, 5.74) is 0.113. The highest BCUT2D eigenvalue weighted by molar-refractivity contribution is 5.62. The molecule has 2 aromatic carbocycles. The Morgan fingerprint density at radius 1 is 1.25 bits per heavy atom. The molecular weight excluding hydrogens is 365 g/mol. The third-order valence-electron chi connectivity index (χ3n) is 5.05. The minimum atomic E-state index is -0.493. The number of anilines is 1. The van der Waals surface area contributed by atoms with Gasteiger partial charge in [-0.2, -0.15) is 0 Å². The van der Waals surface area contributed by atoms with Gasteiger partial charge in [-0.25, -0.2) is 4.39 Å². The monoisotopic (exact) mass is 387 g/mol. The van der Waals surface area contributed by atoms with Gasteiger partial charge in [-0.1, -0.05) is 12.1 Å². The Kier molecular flexibility index (Phi) is 5.29. The molecule has 2 aliphatic rings. The van der Waals surface area contributed by atoms with Crippen LogP contribution in [0.5, 0.6) is 11.5 Å². The van der Waals surface area contributed by atoms with Gasteiger partial charge in [0.05, 0.1) is 4.92 Å². The van der Waals surface area contributed by atoms with Crippen molar-refractivity contribution in [2.75, 3.05) is 31.6 Å². The van der Waals surface area contributed by atoms with E-state index in [0.717, 1.165) is 37.0 Å². The number of benzene rings is 2. The first-order valence-electron chi connectivity index (χ1n) is 9.40. The molecule has 0 amide bonds. The van der Waals surface area contributed by atoms with Gasteiger partial charge in [-0.05, 0) is 37.6 Å². The first-order chi connectivity index (χ1) is 13.6. The zero-order chi connectivity index (χ0) is 19.5. The number of likely N-dealkylation sites (tertiary alicyclic amines) is 1. The van der Waals surface area contributed by atoms with Crippen molar-refractivity contribution >= 4 is 11.4 Å². The number of rotatable bonds is 5. The average molecular weight is 387 g/mol. The Morgan fingerprint density at radius 2 is 2.07 bits per heavy atom. The summed E-state index contributed by atoms with van der Waals surface area (Å²) in [5, 5.41) is 14.4. The zero-order valence-corrected chi connectivity index (χ0v) is 15.3. The Hall–Kier alpha value is -2.87. The highest BCUT2D eigenvalue weighted by Gasteiger charge is 2.27. The molecule has 0 saturated carbocycles. The fourth-order valence-corrected chi connectivity index (χ4v) is 3.78. The second-order valence-corrected chi connectivity index (χ2v) is 7.16. The molecule has 148 valence electrons. The standard InChI is InChI=1S/C20H22FN3O4/c21-14-7-8-18(24(25)26)17(10-14)22-15-4-3-9-23(11-15)12-16-13-27-19-5-1-2-6-20(19)28-16/h1-2,5-8,10,15-16,22H,3-4,9,11-13H2/t15-,16-/m0/s1. The van der Waals surface area contributed by atoms with E-state index < -0.39 is 10.7 Å². The van der Waals surface area contributed by atoms with Gasteiger partial charge < -0.3 is 14.8 Å². The SMILES string of the molecule is O=[N+]([O-])c1ccc(F)cc1N[C@H]1CCCN(C[C@H]2COc3ccccc3O2)C1. The number of fused-ring (bicyclic) bond motifs is 1. The maximum Gasteiger partial charge on any atom is 0.292 e. The number of ether oxygens (including phenoxy) is 2. The lowest BCUT2D eigenvalue weighted by molar-refractivity contribution is -0.384. The number of halogens is 1. The molecule has 1 fully saturated rings. The molecular formula is C20H22FN3O4. The van der Waals surface area contributed by atoms with Gasteiger partial charge in [-0.15, -0.1) is 0 Å². The van der Waals surface area contributed by atoms with Crippen LogP contribution in [0.1, 0.15) is 12.8 Å². The van der Waals surface area contributed by atoms with Crippen molar-refractivity contribution < 1.29 is 18.8 Å². The van der Waals surface area contributed by atoms with Crippen LogP contribution in [0.15, 0.2) is 42.5 Å². The third-order valence-corrected chi connectivity index (χ3v) is 5.05. The van der Waals surface area contributed by atoms with E-state index >= 15 is 0 Å².